The van der Waals surface area contributed by atoms with E-state index in [2.05, 4.69) is 44.3 Å². The molecule has 0 spiro atoms. The van der Waals surface area contributed by atoms with Gasteiger partial charge in [-0.2, -0.15) is 0 Å². The zero-order valence-corrected chi connectivity index (χ0v) is 22.7. The van der Waals surface area contributed by atoms with Crippen LogP contribution >= 0.6 is 27.5 Å². The van der Waals surface area contributed by atoms with Crippen molar-refractivity contribution in [1.29, 1.82) is 0 Å². The minimum Gasteiger partial charge on any atom is -0.460 e. The Balaban J connectivity index is 3.12. The van der Waals surface area contributed by atoms with Gasteiger partial charge in [-0.3, -0.25) is 4.79 Å². The van der Waals surface area contributed by atoms with Crippen molar-refractivity contribution in [3.05, 3.63) is 29.3 Å². The van der Waals surface area contributed by atoms with Crippen LogP contribution in [0.1, 0.15) is 59.1 Å². The number of rotatable bonds is 10. The van der Waals surface area contributed by atoms with E-state index in [1.165, 1.54) is 0 Å². The lowest BCUT2D eigenvalue weighted by Crippen LogP contribution is -2.42. The van der Waals surface area contributed by atoms with Crippen LogP contribution in [0.2, 0.25) is 0 Å². The number of amides is 1. The quantitative estimate of drug-likeness (QED) is 0.313. The van der Waals surface area contributed by atoms with E-state index in [0.717, 1.165) is 35.2 Å². The highest BCUT2D eigenvalue weighted by molar-refractivity contribution is 9.09. The smallest absolute Gasteiger partial charge is 0.407 e. The third kappa shape index (κ3) is 11.4. The molecule has 0 aliphatic heterocycles. The second kappa shape index (κ2) is 12.7. The minimum atomic E-state index is -0.631. The van der Waals surface area contributed by atoms with Crippen LogP contribution in [0.5, 0.6) is 0 Å². The Kier molecular flexibility index (Phi) is 11.3. The molecule has 1 N–H and O–H groups in total. The van der Waals surface area contributed by atoms with Gasteiger partial charge in [0.2, 0.25) is 0 Å². The Hall–Kier alpha value is -1.47. The number of hydrogen-bond acceptors (Lipinski definition) is 5. The first-order chi connectivity index (χ1) is 14.7. The molecule has 0 aliphatic rings. The van der Waals surface area contributed by atoms with Crippen molar-refractivity contribution >= 4 is 45.3 Å². The molecule has 0 unspecified atom stereocenters. The molecule has 1 amide bonds. The molecular weight excluding hydrogens is 496 g/mol. The van der Waals surface area contributed by atoms with Crippen molar-refractivity contribution < 1.29 is 19.1 Å². The highest BCUT2D eigenvalue weighted by Gasteiger charge is 2.25. The fourth-order valence-corrected chi connectivity index (χ4v) is 3.78. The van der Waals surface area contributed by atoms with E-state index < -0.39 is 23.3 Å². The van der Waals surface area contributed by atoms with Crippen LogP contribution in [0.15, 0.2) is 18.2 Å². The zero-order valence-electron chi connectivity index (χ0n) is 20.4. The molecule has 1 aromatic carbocycles. The molecule has 0 aromatic heterocycles. The second-order valence-corrected chi connectivity index (χ2v) is 11.0. The van der Waals surface area contributed by atoms with Gasteiger partial charge in [0, 0.05) is 36.0 Å². The zero-order chi connectivity index (χ0) is 24.5. The molecule has 0 radical (unpaired) electrons. The third-order valence-electron chi connectivity index (χ3n) is 4.43. The van der Waals surface area contributed by atoms with Crippen molar-refractivity contribution in [3.63, 3.8) is 0 Å². The van der Waals surface area contributed by atoms with Crippen LogP contribution < -0.4 is 10.2 Å². The second-order valence-electron chi connectivity index (χ2n) is 9.81. The van der Waals surface area contributed by atoms with Gasteiger partial charge in [-0.05, 0) is 78.1 Å². The van der Waals surface area contributed by atoms with Crippen molar-refractivity contribution in [1.82, 2.24) is 5.32 Å². The van der Waals surface area contributed by atoms with Crippen LogP contribution in [-0.4, -0.2) is 53.6 Å². The van der Waals surface area contributed by atoms with E-state index in [0.29, 0.717) is 12.3 Å². The van der Waals surface area contributed by atoms with E-state index in [-0.39, 0.29) is 12.4 Å². The van der Waals surface area contributed by atoms with Gasteiger partial charge in [0.05, 0.1) is 6.42 Å². The summed E-state index contributed by atoms with van der Waals surface area (Å²) in [6, 6.07) is 5.76. The SMILES string of the molecule is Cc1ccc(N(CCCl)CCBr)cc1C[C@@H](CC(=O)OC(C)(C)C)NC(=O)OC(C)(C)C. The number of nitrogens with one attached hydrogen (secondary N) is 1. The van der Waals surface area contributed by atoms with Gasteiger partial charge in [-0.25, -0.2) is 4.79 Å². The summed E-state index contributed by atoms with van der Waals surface area (Å²) in [6.07, 6.45) is -0.0309. The van der Waals surface area contributed by atoms with E-state index in [1.54, 1.807) is 20.8 Å². The molecule has 0 aliphatic carbocycles. The fraction of sp³-hybridized carbons (Fsp3) is 0.667. The lowest BCUT2D eigenvalue weighted by molar-refractivity contribution is -0.155. The topological polar surface area (TPSA) is 67.9 Å². The van der Waals surface area contributed by atoms with E-state index in [1.807, 2.05) is 27.7 Å². The number of alkyl halides is 2. The van der Waals surface area contributed by atoms with E-state index in [9.17, 15) is 9.59 Å². The van der Waals surface area contributed by atoms with Crippen molar-refractivity contribution in [2.75, 3.05) is 29.2 Å². The number of aryl methyl sites for hydroxylation is 1. The number of anilines is 1. The van der Waals surface area contributed by atoms with Crippen molar-refractivity contribution in [2.45, 2.75) is 78.6 Å². The number of hydrogen-bond donors (Lipinski definition) is 1. The first kappa shape index (κ1) is 28.6. The highest BCUT2D eigenvalue weighted by Crippen LogP contribution is 2.22. The summed E-state index contributed by atoms with van der Waals surface area (Å²) in [5.74, 6) is 0.160. The Labute approximate surface area is 206 Å². The summed E-state index contributed by atoms with van der Waals surface area (Å²) in [7, 11) is 0. The van der Waals surface area contributed by atoms with E-state index in [4.69, 9.17) is 21.1 Å². The average Bonchev–Trinajstić information content (AvgIpc) is 2.60. The molecule has 0 saturated carbocycles. The molecule has 0 heterocycles. The van der Waals surface area contributed by atoms with Crippen molar-refractivity contribution in [3.8, 4) is 0 Å². The summed E-state index contributed by atoms with van der Waals surface area (Å²) >= 11 is 9.48. The van der Waals surface area contributed by atoms with Crippen LogP contribution in [0.4, 0.5) is 10.5 Å². The lowest BCUT2D eigenvalue weighted by Gasteiger charge is -2.27. The normalized spacial score (nSPS) is 12.8. The van der Waals surface area contributed by atoms with Gasteiger partial charge in [-0.1, -0.05) is 22.0 Å². The van der Waals surface area contributed by atoms with Gasteiger partial charge in [-0.15, -0.1) is 11.6 Å². The number of alkyl carbamates (subject to hydrolysis) is 1. The summed E-state index contributed by atoms with van der Waals surface area (Å²) in [5.41, 5.74) is 1.95. The van der Waals surface area contributed by atoms with Crippen molar-refractivity contribution in [2.24, 2.45) is 0 Å². The first-order valence-electron chi connectivity index (χ1n) is 10.9. The number of carbonyl (C=O) groups excluding carboxylic acids is 2. The Morgan fingerprint density at radius 3 is 2.25 bits per heavy atom. The minimum absolute atomic E-state index is 0.0486. The predicted octanol–water partition coefficient (Wildman–Crippen LogP) is 5.60. The molecule has 32 heavy (non-hydrogen) atoms. The molecule has 0 bridgehead atoms. The van der Waals surface area contributed by atoms with Crippen LogP contribution in [0.25, 0.3) is 0 Å². The summed E-state index contributed by atoms with van der Waals surface area (Å²) in [5, 5.41) is 3.69. The van der Waals surface area contributed by atoms with Gasteiger partial charge in [0.1, 0.15) is 11.2 Å². The summed E-state index contributed by atoms with van der Waals surface area (Å²) in [6.45, 7) is 14.5. The standard InChI is InChI=1S/C24H38BrClN2O4/c1-17-8-9-20(28(12-10-25)13-11-26)15-18(17)14-19(16-21(29)31-23(2,3)4)27-22(30)32-24(5,6)7/h8-9,15,19H,10-14,16H2,1-7H3,(H,27,30)/t19-/m0/s1. The monoisotopic (exact) mass is 532 g/mol. The lowest BCUT2D eigenvalue weighted by atomic mass is 9.98. The molecule has 1 aromatic rings. The van der Waals surface area contributed by atoms with E-state index >= 15 is 0 Å². The number of halogens is 2. The number of benzene rings is 1. The first-order valence-corrected chi connectivity index (χ1v) is 12.6. The van der Waals surface area contributed by atoms with Crippen LogP contribution in [-0.2, 0) is 20.7 Å². The number of esters is 1. The van der Waals surface area contributed by atoms with Crippen LogP contribution in [0, 0.1) is 6.92 Å². The van der Waals surface area contributed by atoms with Gasteiger partial charge >= 0.3 is 12.1 Å². The van der Waals surface area contributed by atoms with Gasteiger partial charge in [0.25, 0.3) is 0 Å². The fourth-order valence-electron chi connectivity index (χ4n) is 3.15. The maximum atomic E-state index is 12.5. The molecule has 1 atom stereocenters. The van der Waals surface area contributed by atoms with Gasteiger partial charge < -0.3 is 19.7 Å². The predicted molar refractivity (Wildman–Crippen MR) is 135 cm³/mol. The molecule has 0 fully saturated rings. The largest absolute Gasteiger partial charge is 0.460 e. The third-order valence-corrected chi connectivity index (χ3v) is 4.95. The average molecular weight is 534 g/mol. The maximum absolute atomic E-state index is 12.5. The number of nitrogens with zero attached hydrogens (tertiary/aromatic N) is 1. The summed E-state index contributed by atoms with van der Waals surface area (Å²) in [4.78, 5) is 27.2. The maximum Gasteiger partial charge on any atom is 0.407 e. The van der Waals surface area contributed by atoms with Crippen LogP contribution in [0.3, 0.4) is 0 Å². The highest BCUT2D eigenvalue weighted by atomic mass is 79.9. The molecule has 6 nitrogen and oxygen atoms in total. The molecule has 182 valence electrons. The Morgan fingerprint density at radius 2 is 1.72 bits per heavy atom. The summed E-state index contributed by atoms with van der Waals surface area (Å²) < 4.78 is 10.9. The molecule has 0 saturated heterocycles. The Morgan fingerprint density at radius 1 is 1.09 bits per heavy atom. The van der Waals surface area contributed by atoms with Gasteiger partial charge in [0.15, 0.2) is 0 Å². The number of carbonyl (C=O) groups is 2. The number of ether oxygens (including phenoxy) is 2. The molecule has 1 rings (SSSR count). The molecular formula is C24H38BrClN2O4. The Bertz CT molecular complexity index is 723. The molecule has 8 heteroatoms.